The number of carbonyl (C=O) groups is 1. The van der Waals surface area contributed by atoms with E-state index < -0.39 is 0 Å². The molecule has 3 aromatic rings. The molecule has 1 heterocycles. The minimum Gasteiger partial charge on any atom is -0.507 e. The number of thioether (sulfide) groups is 1. The summed E-state index contributed by atoms with van der Waals surface area (Å²) in [5.74, 6) is 0.921. The second-order valence-corrected chi connectivity index (χ2v) is 9.23. The van der Waals surface area contributed by atoms with Gasteiger partial charge in [-0.2, -0.15) is 0 Å². The number of nitrogens with one attached hydrogen (secondary N) is 2. The number of carbonyl (C=O) groups excluding carboxylic acids is 1. The van der Waals surface area contributed by atoms with Crippen LogP contribution in [-0.2, 0) is 4.79 Å². The number of nitrogens with zero attached hydrogens (tertiary/aromatic N) is 3. The molecule has 0 radical (unpaired) electrons. The number of hydrogen-bond donors (Lipinski definition) is 3. The van der Waals surface area contributed by atoms with Crippen molar-refractivity contribution >= 4 is 23.4 Å². The summed E-state index contributed by atoms with van der Waals surface area (Å²) in [6, 6.07) is 15.5. The molecule has 33 heavy (non-hydrogen) atoms. The molecule has 8 heteroatoms. The first-order chi connectivity index (χ1) is 16.0. The van der Waals surface area contributed by atoms with E-state index in [1.165, 1.54) is 36.6 Å². The average molecular weight is 464 g/mol. The monoisotopic (exact) mass is 463 g/mol. The summed E-state index contributed by atoms with van der Waals surface area (Å²) in [7, 11) is 0. The van der Waals surface area contributed by atoms with Crippen LogP contribution in [0.2, 0.25) is 0 Å². The Hall–Kier alpha value is -3.26. The summed E-state index contributed by atoms with van der Waals surface area (Å²) in [6.45, 7) is 5.94. The zero-order chi connectivity index (χ0) is 23.2. The second kappa shape index (κ2) is 10.6. The minimum absolute atomic E-state index is 0.0999. The molecule has 0 atom stereocenters. The fraction of sp³-hybridized carbons (Fsp3) is 0.320. The highest BCUT2D eigenvalue weighted by molar-refractivity contribution is 7.99. The third kappa shape index (κ3) is 5.57. The van der Waals surface area contributed by atoms with Crippen molar-refractivity contribution in [3.8, 4) is 17.1 Å². The topological polar surface area (TPSA) is 92.1 Å². The summed E-state index contributed by atoms with van der Waals surface area (Å²) in [5, 5.41) is 19.6. The van der Waals surface area contributed by atoms with E-state index in [2.05, 4.69) is 63.4 Å². The first-order valence-corrected chi connectivity index (χ1v) is 12.2. The number of aromatic nitrogens is 3. The van der Waals surface area contributed by atoms with Crippen molar-refractivity contribution in [2.45, 2.75) is 50.2 Å². The van der Waals surface area contributed by atoms with E-state index in [1.807, 2.05) is 0 Å². The van der Waals surface area contributed by atoms with Crippen molar-refractivity contribution < 1.29 is 9.90 Å². The maximum atomic E-state index is 12.5. The maximum Gasteiger partial charge on any atom is 0.248 e. The summed E-state index contributed by atoms with van der Waals surface area (Å²) < 4.78 is 2.22. The second-order valence-electron chi connectivity index (χ2n) is 8.29. The van der Waals surface area contributed by atoms with Gasteiger partial charge >= 0.3 is 0 Å². The van der Waals surface area contributed by atoms with Crippen LogP contribution >= 0.6 is 11.8 Å². The van der Waals surface area contributed by atoms with E-state index in [-0.39, 0.29) is 17.4 Å². The summed E-state index contributed by atoms with van der Waals surface area (Å²) in [5.41, 5.74) is 8.61. The van der Waals surface area contributed by atoms with E-state index in [0.29, 0.717) is 17.3 Å². The largest absolute Gasteiger partial charge is 0.507 e. The zero-order valence-corrected chi connectivity index (χ0v) is 19.6. The van der Waals surface area contributed by atoms with E-state index in [1.54, 1.807) is 24.3 Å². The van der Waals surface area contributed by atoms with Gasteiger partial charge in [0.25, 0.3) is 0 Å². The molecule has 7 nitrogen and oxygen atoms in total. The molecule has 0 spiro atoms. The van der Waals surface area contributed by atoms with Crippen LogP contribution in [0.25, 0.3) is 17.1 Å². The Morgan fingerprint density at radius 2 is 1.82 bits per heavy atom. The molecule has 4 rings (SSSR count). The Bertz CT molecular complexity index is 1120. The Morgan fingerprint density at radius 3 is 2.55 bits per heavy atom. The number of hydrazine groups is 1. The molecule has 172 valence electrons. The van der Waals surface area contributed by atoms with Crippen LogP contribution in [0.4, 0.5) is 0 Å². The molecular weight excluding hydrogens is 434 g/mol. The number of phenols is 1. The zero-order valence-electron chi connectivity index (χ0n) is 18.8. The van der Waals surface area contributed by atoms with E-state index in [4.69, 9.17) is 0 Å². The Morgan fingerprint density at radius 1 is 1.09 bits per heavy atom. The number of aryl methyl sites for hydroxylation is 1. The molecule has 1 aromatic heterocycles. The molecule has 0 saturated heterocycles. The van der Waals surface area contributed by atoms with Crippen molar-refractivity contribution in [3.05, 3.63) is 66.2 Å². The van der Waals surface area contributed by atoms with Crippen LogP contribution in [0.1, 0.15) is 49.3 Å². The first-order valence-electron chi connectivity index (χ1n) is 11.2. The van der Waals surface area contributed by atoms with Gasteiger partial charge < -0.3 is 5.11 Å². The predicted molar refractivity (Wildman–Crippen MR) is 131 cm³/mol. The molecular formula is C25H29N5O2S. The van der Waals surface area contributed by atoms with Crippen LogP contribution in [0.15, 0.2) is 60.3 Å². The molecule has 2 aromatic carbocycles. The molecule has 0 unspecified atom stereocenters. The predicted octanol–water partition coefficient (Wildman–Crippen LogP) is 4.85. The van der Waals surface area contributed by atoms with Gasteiger partial charge in [-0.3, -0.25) is 20.2 Å². The van der Waals surface area contributed by atoms with E-state index in [9.17, 15) is 9.90 Å². The number of phenolic OH excluding ortho intramolecular Hbond substituents is 1. The highest BCUT2D eigenvalue weighted by atomic mass is 32.2. The van der Waals surface area contributed by atoms with Crippen LogP contribution in [0, 0.1) is 6.92 Å². The van der Waals surface area contributed by atoms with Gasteiger partial charge in [-0.05, 0) is 31.9 Å². The standard InChI is InChI=1S/C25H29N5O2S/c1-17-12-14-19(15-13-17)24-28-29-25(30(24)20-8-4-3-5-9-20)33-16-23(32)27-26-18(2)21-10-6-7-11-22(21)31/h6-7,10-15,20,26,31H,2-5,8-9,16H2,1H3,(H,27,32). The van der Waals surface area contributed by atoms with E-state index in [0.717, 1.165) is 29.4 Å². The Kier molecular flexibility index (Phi) is 7.34. The molecule has 1 aliphatic carbocycles. The summed E-state index contributed by atoms with van der Waals surface area (Å²) >= 11 is 1.38. The van der Waals surface area contributed by atoms with Crippen molar-refractivity contribution in [1.82, 2.24) is 25.6 Å². The van der Waals surface area contributed by atoms with E-state index >= 15 is 0 Å². The molecule has 1 saturated carbocycles. The molecule has 0 aliphatic heterocycles. The normalized spacial score (nSPS) is 14.1. The first kappa shape index (κ1) is 22.9. The molecule has 0 bridgehead atoms. The van der Waals surface area contributed by atoms with Gasteiger partial charge in [0.15, 0.2) is 11.0 Å². The number of para-hydroxylation sites is 1. The summed E-state index contributed by atoms with van der Waals surface area (Å²) in [6.07, 6.45) is 5.84. The molecule has 1 fully saturated rings. The fourth-order valence-electron chi connectivity index (χ4n) is 4.05. The Balaban J connectivity index is 1.44. The molecule has 1 amide bonds. The molecule has 1 aliphatic rings. The lowest BCUT2D eigenvalue weighted by molar-refractivity contribution is -0.119. The summed E-state index contributed by atoms with van der Waals surface area (Å²) in [4.78, 5) is 12.5. The number of rotatable bonds is 8. The quantitative estimate of drug-likeness (QED) is 0.327. The number of amides is 1. The van der Waals surface area contributed by atoms with Gasteiger partial charge in [0.2, 0.25) is 5.91 Å². The third-order valence-corrected chi connectivity index (χ3v) is 6.77. The lowest BCUT2D eigenvalue weighted by atomic mass is 9.95. The number of hydrogen-bond acceptors (Lipinski definition) is 6. The SMILES string of the molecule is C=C(NNC(=O)CSc1nnc(-c2ccc(C)cc2)n1C1CCCCC1)c1ccccc1O. The maximum absolute atomic E-state index is 12.5. The van der Waals surface area contributed by atoms with Gasteiger partial charge in [-0.25, -0.2) is 0 Å². The third-order valence-electron chi connectivity index (χ3n) is 5.83. The van der Waals surface area contributed by atoms with Gasteiger partial charge in [-0.15, -0.1) is 10.2 Å². The van der Waals surface area contributed by atoms with Gasteiger partial charge in [-0.1, -0.05) is 79.6 Å². The highest BCUT2D eigenvalue weighted by Gasteiger charge is 2.24. The number of aromatic hydroxyl groups is 1. The number of benzene rings is 2. The average Bonchev–Trinajstić information content (AvgIpc) is 3.26. The van der Waals surface area contributed by atoms with Crippen molar-refractivity contribution in [2.24, 2.45) is 0 Å². The van der Waals surface area contributed by atoms with Gasteiger partial charge in [0.05, 0.1) is 11.4 Å². The Labute approximate surface area is 198 Å². The van der Waals surface area contributed by atoms with Gasteiger partial charge in [0.1, 0.15) is 5.75 Å². The molecule has 3 N–H and O–H groups in total. The smallest absolute Gasteiger partial charge is 0.248 e. The van der Waals surface area contributed by atoms with Crippen molar-refractivity contribution in [2.75, 3.05) is 5.75 Å². The fourth-order valence-corrected chi connectivity index (χ4v) is 4.86. The van der Waals surface area contributed by atoms with Crippen LogP contribution in [-0.4, -0.2) is 31.5 Å². The highest BCUT2D eigenvalue weighted by Crippen LogP contribution is 2.35. The van der Waals surface area contributed by atoms with Crippen LogP contribution < -0.4 is 10.9 Å². The lowest BCUT2D eigenvalue weighted by Crippen LogP contribution is -2.37. The van der Waals surface area contributed by atoms with Crippen LogP contribution in [0.5, 0.6) is 5.75 Å². The lowest BCUT2D eigenvalue weighted by Gasteiger charge is -2.25. The van der Waals surface area contributed by atoms with Crippen LogP contribution in [0.3, 0.4) is 0 Å². The van der Waals surface area contributed by atoms with Crippen molar-refractivity contribution in [1.29, 1.82) is 0 Å². The minimum atomic E-state index is -0.216. The van der Waals surface area contributed by atoms with Crippen molar-refractivity contribution in [3.63, 3.8) is 0 Å². The van der Waals surface area contributed by atoms with Gasteiger partial charge in [0, 0.05) is 17.2 Å².